The van der Waals surface area contributed by atoms with E-state index in [2.05, 4.69) is 16.1 Å². The van der Waals surface area contributed by atoms with Crippen LogP contribution in [0.1, 0.15) is 55.8 Å². The molecule has 4 rings (SSSR count). The van der Waals surface area contributed by atoms with Crippen molar-refractivity contribution >= 4 is 21.8 Å². The van der Waals surface area contributed by atoms with Crippen molar-refractivity contribution in [3.8, 4) is 0 Å². The van der Waals surface area contributed by atoms with E-state index in [1.54, 1.807) is 18.7 Å². The zero-order valence-corrected chi connectivity index (χ0v) is 23.1. The lowest BCUT2D eigenvalue weighted by Crippen LogP contribution is -2.59. The lowest BCUT2D eigenvalue weighted by molar-refractivity contribution is -0.140. The molecular formula is C28H38N4O5S. The third-order valence-corrected chi connectivity index (χ3v) is 8.19. The van der Waals surface area contributed by atoms with E-state index in [4.69, 9.17) is 10.5 Å². The Morgan fingerprint density at radius 3 is 2.37 bits per heavy atom. The van der Waals surface area contributed by atoms with Crippen molar-refractivity contribution in [2.24, 2.45) is 5.73 Å². The quantitative estimate of drug-likeness (QED) is 0.444. The standard InChI is InChI=1S/C28H38N4O5S/c1-27(2,29)26(34)30-24(19-37-18-20-9-5-4-6-10-20)25(33)32-15-13-28(14-16-32)17-23(31-38(3,35)36)21-11-7-8-12-22(21)28/h4-12,23-24,31H,13-19,29H2,1-3H3,(H,30,34)/t23-,24?/m1/s1. The highest BCUT2D eigenvalue weighted by Gasteiger charge is 2.47. The number of amides is 2. The van der Waals surface area contributed by atoms with Crippen molar-refractivity contribution < 1.29 is 22.7 Å². The summed E-state index contributed by atoms with van der Waals surface area (Å²) in [6, 6.07) is 16.4. The number of nitrogens with zero attached hydrogens (tertiary/aromatic N) is 1. The summed E-state index contributed by atoms with van der Waals surface area (Å²) in [7, 11) is -3.37. The van der Waals surface area contributed by atoms with Gasteiger partial charge in [0.2, 0.25) is 21.8 Å². The van der Waals surface area contributed by atoms with Gasteiger partial charge in [0.15, 0.2) is 0 Å². The Bertz CT molecular complexity index is 1250. The van der Waals surface area contributed by atoms with Gasteiger partial charge in [-0.1, -0.05) is 54.6 Å². The maximum atomic E-state index is 13.6. The molecule has 1 saturated heterocycles. The van der Waals surface area contributed by atoms with Gasteiger partial charge in [-0.15, -0.1) is 0 Å². The number of ether oxygens (including phenoxy) is 1. The maximum Gasteiger partial charge on any atom is 0.247 e. The molecule has 2 aromatic rings. The Labute approximate surface area is 225 Å². The van der Waals surface area contributed by atoms with Gasteiger partial charge in [0, 0.05) is 24.5 Å². The first-order valence-electron chi connectivity index (χ1n) is 12.9. The Hall–Kier alpha value is -2.79. The smallest absolute Gasteiger partial charge is 0.247 e. The minimum atomic E-state index is -3.37. The number of hydrogen-bond donors (Lipinski definition) is 3. The molecule has 4 N–H and O–H groups in total. The molecule has 10 heteroatoms. The first-order chi connectivity index (χ1) is 17.9. The molecule has 0 radical (unpaired) electrons. The van der Waals surface area contributed by atoms with Crippen LogP contribution in [-0.2, 0) is 36.4 Å². The molecule has 1 unspecified atom stereocenters. The molecule has 206 valence electrons. The Balaban J connectivity index is 1.45. The first kappa shape index (κ1) is 28.2. The van der Waals surface area contributed by atoms with Gasteiger partial charge >= 0.3 is 0 Å². The Morgan fingerprint density at radius 2 is 1.74 bits per heavy atom. The van der Waals surface area contributed by atoms with Crippen LogP contribution in [0.2, 0.25) is 0 Å². The number of carbonyl (C=O) groups excluding carboxylic acids is 2. The van der Waals surface area contributed by atoms with E-state index in [-0.39, 0.29) is 24.0 Å². The molecular weight excluding hydrogens is 504 g/mol. The third kappa shape index (κ3) is 6.61. The number of carbonyl (C=O) groups is 2. The summed E-state index contributed by atoms with van der Waals surface area (Å²) in [5.74, 6) is -0.630. The molecule has 2 amide bonds. The van der Waals surface area contributed by atoms with Crippen LogP contribution in [0.5, 0.6) is 0 Å². The van der Waals surface area contributed by atoms with Crippen LogP contribution in [0.15, 0.2) is 54.6 Å². The number of rotatable bonds is 9. The van der Waals surface area contributed by atoms with Crippen LogP contribution >= 0.6 is 0 Å². The van der Waals surface area contributed by atoms with Crippen LogP contribution < -0.4 is 15.8 Å². The van der Waals surface area contributed by atoms with E-state index >= 15 is 0 Å². The van der Waals surface area contributed by atoms with Crippen molar-refractivity contribution in [3.63, 3.8) is 0 Å². The van der Waals surface area contributed by atoms with Crippen LogP contribution in [0.3, 0.4) is 0 Å². The highest BCUT2D eigenvalue weighted by Crippen LogP contribution is 2.50. The highest BCUT2D eigenvalue weighted by molar-refractivity contribution is 7.88. The number of nitrogens with two attached hydrogens (primary N) is 1. The van der Waals surface area contributed by atoms with Crippen molar-refractivity contribution in [1.82, 2.24) is 14.9 Å². The van der Waals surface area contributed by atoms with Crippen LogP contribution in [0, 0.1) is 0 Å². The second kappa shape index (κ2) is 11.1. The minimum absolute atomic E-state index is 0.0282. The Morgan fingerprint density at radius 1 is 1.11 bits per heavy atom. The molecule has 38 heavy (non-hydrogen) atoms. The largest absolute Gasteiger partial charge is 0.374 e. The summed E-state index contributed by atoms with van der Waals surface area (Å²) in [4.78, 5) is 28.0. The van der Waals surface area contributed by atoms with E-state index in [1.807, 2.05) is 48.5 Å². The van der Waals surface area contributed by atoms with Crippen molar-refractivity contribution in [2.75, 3.05) is 26.0 Å². The number of benzene rings is 2. The van der Waals surface area contributed by atoms with Crippen LogP contribution in [0.25, 0.3) is 0 Å². The molecule has 0 aromatic heterocycles. The summed E-state index contributed by atoms with van der Waals surface area (Å²) in [6.07, 6.45) is 3.24. The van der Waals surface area contributed by atoms with Gasteiger partial charge in [0.1, 0.15) is 6.04 Å². The lowest BCUT2D eigenvalue weighted by Gasteiger charge is -2.41. The van der Waals surface area contributed by atoms with E-state index in [9.17, 15) is 18.0 Å². The summed E-state index contributed by atoms with van der Waals surface area (Å²) in [5.41, 5.74) is 7.75. The topological polar surface area (TPSA) is 131 Å². The van der Waals surface area contributed by atoms with Gasteiger partial charge in [-0.05, 0) is 49.8 Å². The van der Waals surface area contributed by atoms with Gasteiger partial charge < -0.3 is 20.7 Å². The van der Waals surface area contributed by atoms with E-state index in [0.29, 0.717) is 39.0 Å². The fourth-order valence-corrected chi connectivity index (χ4v) is 6.22. The van der Waals surface area contributed by atoms with Crippen LogP contribution in [-0.4, -0.2) is 62.7 Å². The number of hydrogen-bond acceptors (Lipinski definition) is 6. The second-order valence-electron chi connectivity index (χ2n) is 11.1. The zero-order chi connectivity index (χ0) is 27.6. The normalized spacial score (nSPS) is 19.7. The fourth-order valence-electron chi connectivity index (χ4n) is 5.49. The SMILES string of the molecule is CC(C)(N)C(=O)NC(COCc1ccccc1)C(=O)N1CCC2(CC1)C[C@@H](NS(C)(=O)=O)c1ccccc12. The Kier molecular flexibility index (Phi) is 8.27. The minimum Gasteiger partial charge on any atom is -0.374 e. The van der Waals surface area contributed by atoms with Gasteiger partial charge in [-0.2, -0.15) is 0 Å². The fraction of sp³-hybridized carbons (Fsp3) is 0.500. The predicted octanol–water partition coefficient (Wildman–Crippen LogP) is 1.98. The molecule has 2 atom stereocenters. The monoisotopic (exact) mass is 542 g/mol. The second-order valence-corrected chi connectivity index (χ2v) is 12.9. The number of fused-ring (bicyclic) bond motifs is 2. The average Bonchev–Trinajstić information content (AvgIpc) is 3.14. The summed E-state index contributed by atoms with van der Waals surface area (Å²) in [6.45, 7) is 4.53. The summed E-state index contributed by atoms with van der Waals surface area (Å²) >= 11 is 0. The van der Waals surface area contributed by atoms with Crippen LogP contribution in [0.4, 0.5) is 0 Å². The zero-order valence-electron chi connectivity index (χ0n) is 22.3. The predicted molar refractivity (Wildman–Crippen MR) is 146 cm³/mol. The number of likely N-dealkylation sites (tertiary alicyclic amines) is 1. The van der Waals surface area contributed by atoms with E-state index in [0.717, 1.165) is 16.7 Å². The maximum absolute atomic E-state index is 13.6. The highest BCUT2D eigenvalue weighted by atomic mass is 32.2. The molecule has 1 aliphatic heterocycles. The van der Waals surface area contributed by atoms with Gasteiger partial charge in [-0.3, -0.25) is 9.59 Å². The number of nitrogens with one attached hydrogen (secondary N) is 2. The number of piperidine rings is 1. The number of sulfonamides is 1. The van der Waals surface area contributed by atoms with Gasteiger partial charge in [0.25, 0.3) is 0 Å². The van der Waals surface area contributed by atoms with E-state index in [1.165, 1.54) is 6.26 Å². The molecule has 2 aromatic carbocycles. The van der Waals surface area contributed by atoms with Crippen molar-refractivity contribution in [1.29, 1.82) is 0 Å². The first-order valence-corrected chi connectivity index (χ1v) is 14.8. The molecule has 0 saturated carbocycles. The molecule has 1 fully saturated rings. The summed E-state index contributed by atoms with van der Waals surface area (Å²) in [5, 5.41) is 2.79. The molecule has 2 aliphatic rings. The summed E-state index contributed by atoms with van der Waals surface area (Å²) < 4.78 is 32.6. The van der Waals surface area contributed by atoms with E-state index < -0.39 is 27.5 Å². The van der Waals surface area contributed by atoms with Gasteiger partial charge in [-0.25, -0.2) is 13.1 Å². The van der Waals surface area contributed by atoms with Crippen molar-refractivity contribution in [2.45, 2.75) is 62.8 Å². The molecule has 1 spiro atoms. The molecule has 0 bridgehead atoms. The molecule has 9 nitrogen and oxygen atoms in total. The molecule has 1 aliphatic carbocycles. The van der Waals surface area contributed by atoms with Gasteiger partial charge in [0.05, 0.1) is 25.0 Å². The van der Waals surface area contributed by atoms with Crippen molar-refractivity contribution in [3.05, 3.63) is 71.3 Å². The average molecular weight is 543 g/mol. The molecule has 1 heterocycles. The third-order valence-electron chi connectivity index (χ3n) is 7.48. The lowest BCUT2D eigenvalue weighted by atomic mass is 9.73.